The molecule has 0 spiro atoms. The van der Waals surface area contributed by atoms with Gasteiger partial charge in [-0.05, 0) is 73.8 Å². The number of hydrogen-bond donors (Lipinski definition) is 0. The zero-order chi connectivity index (χ0) is 18.7. The Morgan fingerprint density at radius 3 is 1.42 bits per heavy atom. The third kappa shape index (κ3) is 4.04. The summed E-state index contributed by atoms with van der Waals surface area (Å²) in [7, 11) is 9.22. The molecule has 3 aliphatic rings. The maximum atomic E-state index is 5.44. The highest BCUT2D eigenvalue weighted by Crippen LogP contribution is 2.58. The molecule has 26 heavy (non-hydrogen) atoms. The monoisotopic (exact) mass is 385 g/mol. The summed E-state index contributed by atoms with van der Waals surface area (Å²) < 4.78 is 7.41. The molecule has 0 bridgehead atoms. The van der Waals surface area contributed by atoms with Gasteiger partial charge in [-0.15, -0.1) is 0 Å². The van der Waals surface area contributed by atoms with Gasteiger partial charge >= 0.3 is 0 Å². The first-order valence-corrected chi connectivity index (χ1v) is 12.0. The van der Waals surface area contributed by atoms with E-state index in [0.29, 0.717) is 6.29 Å². The van der Waals surface area contributed by atoms with Crippen LogP contribution in [0, 0.1) is 0 Å². The lowest BCUT2D eigenvalue weighted by Gasteiger charge is -2.50. The predicted octanol–water partition coefficient (Wildman–Crippen LogP) is 2.47. The van der Waals surface area contributed by atoms with E-state index in [9.17, 15) is 0 Å². The summed E-state index contributed by atoms with van der Waals surface area (Å²) in [4.78, 5) is 10.8. The van der Waals surface area contributed by atoms with Crippen LogP contribution in [0.25, 0.3) is 0 Å². The van der Waals surface area contributed by atoms with Crippen LogP contribution in [0.1, 0.15) is 38.5 Å². The Labute approximate surface area is 161 Å². The Bertz CT molecular complexity index is 464. The zero-order valence-corrected chi connectivity index (χ0v) is 18.5. The molecule has 7 nitrogen and oxygen atoms in total. The standard InChI is InChI=1S/C18H40N7P/c1-20(2)26(21(3)4,19-25-16-10-11-17-25)22(5)18(23-12-6-7-13-23)24-14-8-9-15-24/h18H,6-17H2,1-5H3. The molecule has 0 radical (unpaired) electrons. The van der Waals surface area contributed by atoms with Crippen LogP contribution < -0.4 is 0 Å². The molecule has 0 aromatic rings. The van der Waals surface area contributed by atoms with Crippen molar-refractivity contribution < 1.29 is 0 Å². The highest BCUT2D eigenvalue weighted by Gasteiger charge is 2.42. The second-order valence-corrected chi connectivity index (χ2v) is 11.9. The number of rotatable bonds is 7. The van der Waals surface area contributed by atoms with E-state index in [1.54, 1.807) is 0 Å². The van der Waals surface area contributed by atoms with Gasteiger partial charge in [-0.2, -0.15) is 9.86 Å². The lowest BCUT2D eigenvalue weighted by molar-refractivity contribution is 0.000520. The molecule has 0 unspecified atom stereocenters. The topological polar surface area (TPSA) is 31.8 Å². The van der Waals surface area contributed by atoms with Gasteiger partial charge in [-0.3, -0.25) is 19.1 Å². The van der Waals surface area contributed by atoms with Gasteiger partial charge in [0.2, 0.25) is 0 Å². The molecule has 3 fully saturated rings. The quantitative estimate of drug-likeness (QED) is 0.626. The molecule has 3 saturated heterocycles. The molecular weight excluding hydrogens is 345 g/mol. The minimum absolute atomic E-state index is 0.365. The van der Waals surface area contributed by atoms with Crippen LogP contribution in [0.3, 0.4) is 0 Å². The molecule has 0 saturated carbocycles. The summed E-state index contributed by atoms with van der Waals surface area (Å²) in [5.41, 5.74) is 0. The van der Waals surface area contributed by atoms with Gasteiger partial charge in [0.15, 0.2) is 7.51 Å². The molecule has 0 aromatic heterocycles. The molecule has 0 aromatic carbocycles. The summed E-state index contributed by atoms with van der Waals surface area (Å²) in [6.07, 6.45) is 8.23. The Hall–Kier alpha value is -0.0100. The van der Waals surface area contributed by atoms with Crippen molar-refractivity contribution in [1.29, 1.82) is 0 Å². The average Bonchev–Trinajstić information content (AvgIpc) is 3.35. The van der Waals surface area contributed by atoms with E-state index in [1.807, 2.05) is 0 Å². The Kier molecular flexibility index (Phi) is 7.17. The smallest absolute Gasteiger partial charge is 0.186 e. The maximum Gasteiger partial charge on any atom is 0.186 e. The molecule has 0 amide bonds. The summed E-state index contributed by atoms with van der Waals surface area (Å²) >= 11 is 0. The molecule has 0 atom stereocenters. The summed E-state index contributed by atoms with van der Waals surface area (Å²) in [5, 5.41) is 2.34. The first-order valence-electron chi connectivity index (χ1n) is 10.4. The Balaban J connectivity index is 1.98. The van der Waals surface area contributed by atoms with Gasteiger partial charge in [-0.25, -0.2) is 4.67 Å². The molecular formula is C18H40N7P. The van der Waals surface area contributed by atoms with Gasteiger partial charge < -0.3 is 0 Å². The van der Waals surface area contributed by atoms with Gasteiger partial charge in [0, 0.05) is 39.3 Å². The Morgan fingerprint density at radius 1 is 0.654 bits per heavy atom. The fourth-order valence-electron chi connectivity index (χ4n) is 4.89. The first-order chi connectivity index (χ1) is 12.5. The van der Waals surface area contributed by atoms with Crippen LogP contribution in [0.2, 0.25) is 0 Å². The third-order valence-electron chi connectivity index (χ3n) is 6.09. The lowest BCUT2D eigenvalue weighted by Crippen LogP contribution is -2.56. The van der Waals surface area contributed by atoms with E-state index in [0.717, 1.165) is 13.1 Å². The number of likely N-dealkylation sites (tertiary alicyclic amines) is 2. The van der Waals surface area contributed by atoms with Crippen LogP contribution in [0.4, 0.5) is 0 Å². The second-order valence-electron chi connectivity index (χ2n) is 8.39. The normalized spacial score (nSPS) is 24.2. The summed E-state index contributed by atoms with van der Waals surface area (Å²) in [5.74, 6) is 0. The lowest BCUT2D eigenvalue weighted by atomic mass is 10.4. The van der Waals surface area contributed by atoms with E-state index in [1.165, 1.54) is 64.7 Å². The van der Waals surface area contributed by atoms with Crippen LogP contribution >= 0.6 is 7.51 Å². The van der Waals surface area contributed by atoms with Crippen molar-refractivity contribution in [3.05, 3.63) is 0 Å². The second kappa shape index (κ2) is 8.99. The molecule has 3 heterocycles. The van der Waals surface area contributed by atoms with Gasteiger partial charge in [0.05, 0.1) is 0 Å². The van der Waals surface area contributed by atoms with Crippen molar-refractivity contribution in [2.45, 2.75) is 44.8 Å². The molecule has 0 N–H and O–H groups in total. The van der Waals surface area contributed by atoms with E-state index >= 15 is 0 Å². The Morgan fingerprint density at radius 2 is 1.04 bits per heavy atom. The maximum absolute atomic E-state index is 5.44. The summed E-state index contributed by atoms with van der Waals surface area (Å²) in [6, 6.07) is 0. The third-order valence-corrected chi connectivity index (χ3v) is 9.79. The van der Waals surface area contributed by atoms with E-state index in [4.69, 9.17) is 4.85 Å². The van der Waals surface area contributed by atoms with E-state index < -0.39 is 7.51 Å². The minimum atomic E-state index is -1.97. The average molecular weight is 386 g/mol. The molecule has 152 valence electrons. The van der Waals surface area contributed by atoms with Crippen molar-refractivity contribution in [3.8, 4) is 0 Å². The predicted molar refractivity (Wildman–Crippen MR) is 111 cm³/mol. The van der Waals surface area contributed by atoms with Crippen molar-refractivity contribution in [2.75, 3.05) is 74.5 Å². The zero-order valence-electron chi connectivity index (χ0n) is 17.6. The highest BCUT2D eigenvalue weighted by atomic mass is 31.2. The van der Waals surface area contributed by atoms with Crippen LogP contribution in [-0.4, -0.2) is 110 Å². The first kappa shape index (κ1) is 20.7. The number of hydrogen-bond acceptors (Lipinski definition) is 3. The fourth-order valence-corrected chi connectivity index (χ4v) is 8.27. The van der Waals surface area contributed by atoms with Gasteiger partial charge in [0.25, 0.3) is 0 Å². The molecule has 0 aliphatic carbocycles. The molecule has 3 aliphatic heterocycles. The highest BCUT2D eigenvalue weighted by molar-refractivity contribution is 7.59. The van der Waals surface area contributed by atoms with Crippen molar-refractivity contribution in [1.82, 2.24) is 28.8 Å². The van der Waals surface area contributed by atoms with Crippen LogP contribution in [-0.2, 0) is 0 Å². The van der Waals surface area contributed by atoms with Crippen LogP contribution in [0.15, 0.2) is 4.85 Å². The summed E-state index contributed by atoms with van der Waals surface area (Å²) in [6.45, 7) is 7.09. The SMILES string of the molecule is CN(C)P(=NN1CCCC1)(N(C)C)N(C)C(N1CCCC1)N1CCCC1. The van der Waals surface area contributed by atoms with Crippen molar-refractivity contribution in [3.63, 3.8) is 0 Å². The van der Waals surface area contributed by atoms with Crippen LogP contribution in [0.5, 0.6) is 0 Å². The van der Waals surface area contributed by atoms with Crippen molar-refractivity contribution in [2.24, 2.45) is 4.85 Å². The number of nitrogens with zero attached hydrogens (tertiary/aromatic N) is 7. The largest absolute Gasteiger partial charge is 0.275 e. The minimum Gasteiger partial charge on any atom is -0.275 e. The van der Waals surface area contributed by atoms with Gasteiger partial charge in [0.1, 0.15) is 6.29 Å². The van der Waals surface area contributed by atoms with E-state index in [-0.39, 0.29) is 0 Å². The fraction of sp³-hybridized carbons (Fsp3) is 1.00. The van der Waals surface area contributed by atoms with E-state index in [2.05, 4.69) is 64.1 Å². The molecule has 3 rings (SSSR count). The van der Waals surface area contributed by atoms with Crippen molar-refractivity contribution >= 4 is 7.51 Å². The molecule has 8 heteroatoms. The van der Waals surface area contributed by atoms with Gasteiger partial charge in [-0.1, -0.05) is 0 Å².